The summed E-state index contributed by atoms with van der Waals surface area (Å²) in [6.07, 6.45) is 10.6. The Morgan fingerprint density at radius 2 is 2.00 bits per heavy atom. The number of amides is 1. The Bertz CT molecular complexity index is 706. The lowest BCUT2D eigenvalue weighted by atomic mass is 10.2. The van der Waals surface area contributed by atoms with Crippen LogP contribution in [0.25, 0.3) is 0 Å². The standard InChI is InChI=1S/C16H20N6O/c17-15(23)13-7-20-22(9-13)14-3-4-21(10-14)8-11-5-18-16(19-6-11)12-1-2-12/h5-7,9,12,14H,1-4,8,10H2,(H2,17,23). The smallest absolute Gasteiger partial charge is 0.251 e. The first-order valence-corrected chi connectivity index (χ1v) is 8.06. The molecule has 2 aromatic heterocycles. The van der Waals surface area contributed by atoms with E-state index in [2.05, 4.69) is 20.0 Å². The number of hydrogen-bond donors (Lipinski definition) is 1. The average molecular weight is 312 g/mol. The summed E-state index contributed by atoms with van der Waals surface area (Å²) in [5, 5.41) is 4.26. The first kappa shape index (κ1) is 14.3. The third kappa shape index (κ3) is 3.10. The maximum absolute atomic E-state index is 11.2. The molecule has 1 atom stereocenters. The van der Waals surface area contributed by atoms with Crippen LogP contribution in [0.3, 0.4) is 0 Å². The summed E-state index contributed by atoms with van der Waals surface area (Å²) in [4.78, 5) is 22.5. The van der Waals surface area contributed by atoms with Gasteiger partial charge in [0.15, 0.2) is 0 Å². The number of nitrogens with two attached hydrogens (primary N) is 1. The van der Waals surface area contributed by atoms with E-state index < -0.39 is 5.91 Å². The van der Waals surface area contributed by atoms with Crippen molar-refractivity contribution in [3.05, 3.63) is 41.7 Å². The summed E-state index contributed by atoms with van der Waals surface area (Å²) < 4.78 is 1.85. The maximum Gasteiger partial charge on any atom is 0.251 e. The summed E-state index contributed by atoms with van der Waals surface area (Å²) >= 11 is 0. The minimum absolute atomic E-state index is 0.287. The van der Waals surface area contributed by atoms with Gasteiger partial charge < -0.3 is 5.73 Å². The van der Waals surface area contributed by atoms with Crippen LogP contribution in [0, 0.1) is 0 Å². The zero-order chi connectivity index (χ0) is 15.8. The molecule has 1 amide bonds. The molecule has 1 saturated carbocycles. The lowest BCUT2D eigenvalue weighted by molar-refractivity contribution is 0.1000. The molecule has 1 aliphatic carbocycles. The van der Waals surface area contributed by atoms with Crippen molar-refractivity contribution in [2.45, 2.75) is 37.8 Å². The number of rotatable bonds is 5. The molecule has 4 rings (SSSR count). The van der Waals surface area contributed by atoms with Crippen LogP contribution in [0.4, 0.5) is 0 Å². The van der Waals surface area contributed by atoms with Crippen molar-refractivity contribution in [2.75, 3.05) is 13.1 Å². The Balaban J connectivity index is 1.36. The average Bonchev–Trinajstić information content (AvgIpc) is 3.09. The molecule has 0 bridgehead atoms. The van der Waals surface area contributed by atoms with Crippen molar-refractivity contribution in [3.63, 3.8) is 0 Å². The molecule has 1 aliphatic heterocycles. The fourth-order valence-electron chi connectivity index (χ4n) is 3.09. The van der Waals surface area contributed by atoms with Gasteiger partial charge in [-0.25, -0.2) is 9.97 Å². The second-order valence-electron chi connectivity index (χ2n) is 6.47. The van der Waals surface area contributed by atoms with Crippen LogP contribution in [0.15, 0.2) is 24.8 Å². The monoisotopic (exact) mass is 312 g/mol. The maximum atomic E-state index is 11.2. The van der Waals surface area contributed by atoms with Crippen LogP contribution >= 0.6 is 0 Å². The van der Waals surface area contributed by atoms with Gasteiger partial charge in [0.2, 0.25) is 0 Å². The number of carbonyl (C=O) groups excluding carboxylic acids is 1. The van der Waals surface area contributed by atoms with Gasteiger partial charge in [-0.2, -0.15) is 5.10 Å². The van der Waals surface area contributed by atoms with Gasteiger partial charge in [-0.05, 0) is 19.3 Å². The van der Waals surface area contributed by atoms with Crippen molar-refractivity contribution in [1.82, 2.24) is 24.6 Å². The fourth-order valence-corrected chi connectivity index (χ4v) is 3.09. The fraction of sp³-hybridized carbons (Fsp3) is 0.500. The molecular weight excluding hydrogens is 292 g/mol. The first-order chi connectivity index (χ1) is 11.2. The van der Waals surface area contributed by atoms with E-state index in [1.165, 1.54) is 19.0 Å². The van der Waals surface area contributed by atoms with Crippen molar-refractivity contribution >= 4 is 5.91 Å². The van der Waals surface area contributed by atoms with Crippen LogP contribution in [-0.2, 0) is 6.54 Å². The first-order valence-electron chi connectivity index (χ1n) is 8.06. The highest BCUT2D eigenvalue weighted by atomic mass is 16.1. The van der Waals surface area contributed by atoms with E-state index in [9.17, 15) is 4.79 Å². The lowest BCUT2D eigenvalue weighted by Gasteiger charge is -2.16. The van der Waals surface area contributed by atoms with Crippen LogP contribution in [0.2, 0.25) is 0 Å². The second-order valence-corrected chi connectivity index (χ2v) is 6.47. The number of hydrogen-bond acceptors (Lipinski definition) is 5. The predicted molar refractivity (Wildman–Crippen MR) is 83.7 cm³/mol. The molecule has 7 heteroatoms. The highest BCUT2D eigenvalue weighted by molar-refractivity contribution is 5.92. The van der Waals surface area contributed by atoms with E-state index in [-0.39, 0.29) is 6.04 Å². The topological polar surface area (TPSA) is 89.9 Å². The normalized spacial score (nSPS) is 21.7. The van der Waals surface area contributed by atoms with Crippen molar-refractivity contribution < 1.29 is 4.79 Å². The van der Waals surface area contributed by atoms with Gasteiger partial charge in [0, 0.05) is 49.7 Å². The molecule has 3 heterocycles. The summed E-state index contributed by atoms with van der Waals surface area (Å²) in [6.45, 7) is 2.76. The molecular formula is C16H20N6O. The summed E-state index contributed by atoms with van der Waals surface area (Å²) in [7, 11) is 0. The van der Waals surface area contributed by atoms with E-state index in [0.29, 0.717) is 11.5 Å². The lowest BCUT2D eigenvalue weighted by Crippen LogP contribution is -2.21. The molecule has 0 aromatic carbocycles. The van der Waals surface area contributed by atoms with Crippen molar-refractivity contribution in [1.29, 1.82) is 0 Å². The van der Waals surface area contributed by atoms with Crippen LogP contribution in [0.1, 0.15) is 53.0 Å². The summed E-state index contributed by atoms with van der Waals surface area (Å²) in [5.74, 6) is 1.15. The SMILES string of the molecule is NC(=O)c1cnn(C2CCN(Cc3cnc(C4CC4)nc3)C2)c1. The quantitative estimate of drug-likeness (QED) is 0.893. The van der Waals surface area contributed by atoms with Gasteiger partial charge in [0.25, 0.3) is 5.91 Å². The minimum Gasteiger partial charge on any atom is -0.366 e. The Hall–Kier alpha value is -2.28. The van der Waals surface area contributed by atoms with Crippen LogP contribution in [-0.4, -0.2) is 43.6 Å². The Labute approximate surface area is 134 Å². The van der Waals surface area contributed by atoms with Gasteiger partial charge >= 0.3 is 0 Å². The third-order valence-corrected chi connectivity index (χ3v) is 4.58. The molecule has 1 unspecified atom stereocenters. The molecule has 0 radical (unpaired) electrons. The number of nitrogens with zero attached hydrogens (tertiary/aromatic N) is 5. The summed E-state index contributed by atoms with van der Waals surface area (Å²) in [5.41, 5.74) is 6.89. The highest BCUT2D eigenvalue weighted by Gasteiger charge is 2.27. The molecule has 2 aliphatic rings. The van der Waals surface area contributed by atoms with E-state index in [1.807, 2.05) is 17.1 Å². The zero-order valence-corrected chi connectivity index (χ0v) is 12.9. The van der Waals surface area contributed by atoms with Gasteiger partial charge in [0.1, 0.15) is 5.82 Å². The van der Waals surface area contributed by atoms with Crippen LogP contribution < -0.4 is 5.73 Å². The molecule has 0 spiro atoms. The van der Waals surface area contributed by atoms with Gasteiger partial charge in [0.05, 0.1) is 17.8 Å². The van der Waals surface area contributed by atoms with Gasteiger partial charge in [-0.15, -0.1) is 0 Å². The predicted octanol–water partition coefficient (Wildman–Crippen LogP) is 1.10. The van der Waals surface area contributed by atoms with E-state index in [1.54, 1.807) is 6.20 Å². The largest absolute Gasteiger partial charge is 0.366 e. The number of likely N-dealkylation sites (tertiary alicyclic amines) is 1. The Kier molecular flexibility index (Phi) is 3.57. The van der Waals surface area contributed by atoms with E-state index in [0.717, 1.165) is 37.4 Å². The van der Waals surface area contributed by atoms with E-state index in [4.69, 9.17) is 5.73 Å². The van der Waals surface area contributed by atoms with Crippen molar-refractivity contribution in [2.24, 2.45) is 5.73 Å². The van der Waals surface area contributed by atoms with Gasteiger partial charge in [-0.3, -0.25) is 14.4 Å². The number of carbonyl (C=O) groups is 1. The Morgan fingerprint density at radius 3 is 2.65 bits per heavy atom. The van der Waals surface area contributed by atoms with Gasteiger partial charge in [-0.1, -0.05) is 0 Å². The zero-order valence-electron chi connectivity index (χ0n) is 12.9. The molecule has 120 valence electrons. The third-order valence-electron chi connectivity index (χ3n) is 4.58. The molecule has 1 saturated heterocycles. The second kappa shape index (κ2) is 5.73. The molecule has 2 aromatic rings. The Morgan fingerprint density at radius 1 is 1.22 bits per heavy atom. The minimum atomic E-state index is -0.431. The molecule has 7 nitrogen and oxygen atoms in total. The number of primary amides is 1. The molecule has 2 N–H and O–H groups in total. The van der Waals surface area contributed by atoms with Crippen molar-refractivity contribution in [3.8, 4) is 0 Å². The number of aromatic nitrogens is 4. The molecule has 23 heavy (non-hydrogen) atoms. The molecule has 2 fully saturated rings. The van der Waals surface area contributed by atoms with E-state index >= 15 is 0 Å². The summed E-state index contributed by atoms with van der Waals surface area (Å²) in [6, 6.07) is 0.287. The highest BCUT2D eigenvalue weighted by Crippen LogP contribution is 2.37. The van der Waals surface area contributed by atoms with Crippen LogP contribution in [0.5, 0.6) is 0 Å².